The number of hydrogen-bond acceptors (Lipinski definition) is 9. The predicted molar refractivity (Wildman–Crippen MR) is 113 cm³/mol. The van der Waals surface area contributed by atoms with E-state index in [1.54, 1.807) is 36.9 Å². The lowest BCUT2D eigenvalue weighted by Gasteiger charge is -2.12. The van der Waals surface area contributed by atoms with Crippen molar-refractivity contribution in [3.63, 3.8) is 0 Å². The highest BCUT2D eigenvalue weighted by Gasteiger charge is 2.11. The number of nitrogens with zero attached hydrogens (tertiary/aromatic N) is 6. The van der Waals surface area contributed by atoms with Crippen molar-refractivity contribution in [1.82, 2.24) is 35.2 Å². The van der Waals surface area contributed by atoms with Crippen molar-refractivity contribution < 1.29 is 0 Å². The van der Waals surface area contributed by atoms with Gasteiger partial charge in [0.05, 0.1) is 0 Å². The van der Waals surface area contributed by atoms with Crippen molar-refractivity contribution in [2.24, 2.45) is 5.92 Å². The van der Waals surface area contributed by atoms with Crippen LogP contribution in [-0.4, -0.2) is 41.6 Å². The molecular weight excluding hydrogens is 412 g/mol. The van der Waals surface area contributed by atoms with Crippen molar-refractivity contribution in [2.75, 3.05) is 11.9 Å². The van der Waals surface area contributed by atoms with E-state index >= 15 is 0 Å². The minimum Gasteiger partial charge on any atom is -0.362 e. The molecule has 3 rings (SSSR count). The maximum atomic E-state index is 5.34. The molecule has 0 aliphatic rings. The summed E-state index contributed by atoms with van der Waals surface area (Å²) in [7, 11) is 0. The van der Waals surface area contributed by atoms with Gasteiger partial charge in [-0.15, -0.1) is 0 Å². The summed E-state index contributed by atoms with van der Waals surface area (Å²) in [4.78, 5) is 25.9. The molecule has 11 heteroatoms. The number of thiocarbonyl (C=S) groups is 1. The molecule has 0 saturated heterocycles. The molecule has 0 fully saturated rings. The van der Waals surface area contributed by atoms with E-state index in [0.29, 0.717) is 37.3 Å². The minimum absolute atomic E-state index is 0.389. The van der Waals surface area contributed by atoms with Gasteiger partial charge >= 0.3 is 0 Å². The summed E-state index contributed by atoms with van der Waals surface area (Å²) >= 11 is 8.02. The summed E-state index contributed by atoms with van der Waals surface area (Å²) in [5.74, 6) is 0.861. The molecule has 0 radical (unpaired) electrons. The van der Waals surface area contributed by atoms with Crippen LogP contribution >= 0.6 is 35.7 Å². The second-order valence-electron chi connectivity index (χ2n) is 5.86. The highest BCUT2D eigenvalue weighted by Crippen LogP contribution is 2.29. The summed E-state index contributed by atoms with van der Waals surface area (Å²) in [6.45, 7) is 4.98. The molecule has 0 bridgehead atoms. The Bertz CT molecular complexity index is 849. The molecule has 0 aromatic carbocycles. The highest BCUT2D eigenvalue weighted by atomic mass is 32.2. The fourth-order valence-corrected chi connectivity index (χ4v) is 3.55. The monoisotopic (exact) mass is 430 g/mol. The molecule has 0 spiro atoms. The van der Waals surface area contributed by atoms with Crippen LogP contribution in [0.3, 0.4) is 0 Å². The van der Waals surface area contributed by atoms with Gasteiger partial charge in [-0.25, -0.2) is 29.9 Å². The molecule has 0 atom stereocenters. The van der Waals surface area contributed by atoms with Crippen LogP contribution in [0.5, 0.6) is 0 Å². The zero-order chi connectivity index (χ0) is 19.8. The van der Waals surface area contributed by atoms with E-state index in [2.05, 4.69) is 54.4 Å². The maximum Gasteiger partial charge on any atom is 0.231 e. The fraction of sp³-hybridized carbons (Fsp3) is 0.235. The minimum atomic E-state index is 0.389. The molecule has 8 nitrogen and oxygen atoms in total. The Hall–Kier alpha value is -2.37. The van der Waals surface area contributed by atoms with Gasteiger partial charge < -0.3 is 10.6 Å². The van der Waals surface area contributed by atoms with Crippen LogP contribution in [0.2, 0.25) is 0 Å². The maximum absolute atomic E-state index is 5.34. The van der Waals surface area contributed by atoms with Gasteiger partial charge in [-0.05, 0) is 53.8 Å². The lowest BCUT2D eigenvalue weighted by molar-refractivity contribution is 0.627. The molecule has 0 aliphatic heterocycles. The van der Waals surface area contributed by atoms with Gasteiger partial charge in [-0.1, -0.05) is 13.8 Å². The number of aromatic nitrogens is 6. The first-order chi connectivity index (χ1) is 13.6. The van der Waals surface area contributed by atoms with Crippen LogP contribution in [0.15, 0.2) is 63.4 Å². The summed E-state index contributed by atoms with van der Waals surface area (Å²) < 4.78 is 0. The van der Waals surface area contributed by atoms with E-state index in [-0.39, 0.29) is 0 Å². The molecule has 0 unspecified atom stereocenters. The second-order valence-corrected chi connectivity index (χ2v) is 8.25. The molecule has 3 aromatic rings. The first-order valence-corrected chi connectivity index (χ1v) is 10.5. The quantitative estimate of drug-likeness (QED) is 0.328. The van der Waals surface area contributed by atoms with Crippen LogP contribution in [0.4, 0.5) is 5.95 Å². The molecular formula is C17H18N8S3. The summed E-state index contributed by atoms with van der Waals surface area (Å²) in [5.41, 5.74) is 0. The van der Waals surface area contributed by atoms with Gasteiger partial charge in [-0.2, -0.15) is 0 Å². The SMILES string of the molecule is CC(C)CNC(=S)Nc1nc(Sc2ncccn2)cc(Sc2ncccn2)n1. The van der Waals surface area contributed by atoms with Crippen molar-refractivity contribution in [3.05, 3.63) is 43.0 Å². The van der Waals surface area contributed by atoms with E-state index < -0.39 is 0 Å². The van der Waals surface area contributed by atoms with E-state index in [9.17, 15) is 0 Å². The Morgan fingerprint density at radius 2 is 1.43 bits per heavy atom. The third-order valence-electron chi connectivity index (χ3n) is 3.05. The first-order valence-electron chi connectivity index (χ1n) is 8.42. The van der Waals surface area contributed by atoms with Crippen LogP contribution in [0, 0.1) is 5.92 Å². The zero-order valence-corrected chi connectivity index (χ0v) is 17.7. The lowest BCUT2D eigenvalue weighted by Crippen LogP contribution is -2.32. The third kappa shape index (κ3) is 6.66. The predicted octanol–water partition coefficient (Wildman–Crippen LogP) is 3.30. The van der Waals surface area contributed by atoms with Gasteiger partial charge in [0.15, 0.2) is 15.4 Å². The number of anilines is 1. The second kappa shape index (κ2) is 10.2. The van der Waals surface area contributed by atoms with Gasteiger partial charge in [0.1, 0.15) is 10.1 Å². The van der Waals surface area contributed by atoms with Gasteiger partial charge in [-0.3, -0.25) is 0 Å². The summed E-state index contributed by atoms with van der Waals surface area (Å²) in [6, 6.07) is 5.38. The molecule has 144 valence electrons. The Morgan fingerprint density at radius 3 is 1.89 bits per heavy atom. The van der Waals surface area contributed by atoms with Crippen LogP contribution < -0.4 is 10.6 Å². The third-order valence-corrected chi connectivity index (χ3v) is 4.92. The largest absolute Gasteiger partial charge is 0.362 e. The average molecular weight is 431 g/mol. The molecule has 28 heavy (non-hydrogen) atoms. The fourth-order valence-electron chi connectivity index (χ4n) is 1.87. The van der Waals surface area contributed by atoms with Gasteiger partial charge in [0, 0.05) is 37.4 Å². The van der Waals surface area contributed by atoms with Gasteiger partial charge in [0.25, 0.3) is 0 Å². The van der Waals surface area contributed by atoms with Crippen molar-refractivity contribution in [1.29, 1.82) is 0 Å². The Balaban J connectivity index is 1.81. The van der Waals surface area contributed by atoms with E-state index in [1.807, 2.05) is 6.07 Å². The normalized spacial score (nSPS) is 10.7. The van der Waals surface area contributed by atoms with E-state index in [1.165, 1.54) is 23.5 Å². The lowest BCUT2D eigenvalue weighted by atomic mass is 10.2. The van der Waals surface area contributed by atoms with Crippen LogP contribution in [0.25, 0.3) is 0 Å². The highest BCUT2D eigenvalue weighted by molar-refractivity contribution is 7.99. The van der Waals surface area contributed by atoms with E-state index in [4.69, 9.17) is 12.2 Å². The number of hydrogen-bond donors (Lipinski definition) is 2. The molecule has 0 aliphatic carbocycles. The topological polar surface area (TPSA) is 101 Å². The van der Waals surface area contributed by atoms with Crippen LogP contribution in [0.1, 0.15) is 13.8 Å². The number of rotatable bonds is 7. The number of nitrogens with one attached hydrogen (secondary N) is 2. The molecule has 3 aromatic heterocycles. The summed E-state index contributed by atoms with van der Waals surface area (Å²) in [5, 5.41) is 9.23. The standard InChI is InChI=1S/C17H18N8S3/c1-11(2)10-22-15(26)25-14-23-12(27-16-18-5-3-6-19-16)9-13(24-14)28-17-20-7-4-8-21-17/h3-9,11H,10H2,1-2H3,(H2,22,23,24,25,26). The smallest absolute Gasteiger partial charge is 0.231 e. The van der Waals surface area contributed by atoms with Crippen molar-refractivity contribution >= 4 is 46.8 Å². The van der Waals surface area contributed by atoms with Crippen LogP contribution in [-0.2, 0) is 0 Å². The Kier molecular flexibility index (Phi) is 7.46. The van der Waals surface area contributed by atoms with Crippen molar-refractivity contribution in [3.8, 4) is 0 Å². The zero-order valence-electron chi connectivity index (χ0n) is 15.2. The van der Waals surface area contributed by atoms with E-state index in [0.717, 1.165) is 6.54 Å². The average Bonchev–Trinajstić information content (AvgIpc) is 2.68. The van der Waals surface area contributed by atoms with Gasteiger partial charge in [0.2, 0.25) is 5.95 Å². The molecule has 2 N–H and O–H groups in total. The molecule has 0 amide bonds. The van der Waals surface area contributed by atoms with Crippen molar-refractivity contribution in [2.45, 2.75) is 34.2 Å². The summed E-state index contributed by atoms with van der Waals surface area (Å²) in [6.07, 6.45) is 6.75. The molecule has 0 saturated carbocycles. The molecule has 3 heterocycles. The Labute approximate surface area is 176 Å². The Morgan fingerprint density at radius 1 is 0.929 bits per heavy atom. The first kappa shape index (κ1) is 20.4.